The van der Waals surface area contributed by atoms with E-state index in [9.17, 15) is 10.2 Å². The van der Waals surface area contributed by atoms with E-state index in [1.807, 2.05) is 91.9 Å². The predicted molar refractivity (Wildman–Crippen MR) is 274 cm³/mol. The molecule has 1 fully saturated rings. The van der Waals surface area contributed by atoms with Gasteiger partial charge >= 0.3 is 0 Å². The number of fused-ring (bicyclic) bond motifs is 3. The molecular formula is C58H63N3O8S. The Balaban J connectivity index is 1.24. The van der Waals surface area contributed by atoms with Crippen molar-refractivity contribution in [2.45, 2.75) is 87.5 Å². The van der Waals surface area contributed by atoms with Gasteiger partial charge in [-0.25, -0.2) is 8.42 Å². The van der Waals surface area contributed by atoms with Gasteiger partial charge in [0, 0.05) is 49.2 Å². The molecule has 0 amide bonds. The van der Waals surface area contributed by atoms with E-state index in [4.69, 9.17) is 24.2 Å². The normalized spacial score (nSPS) is 22.2. The molecule has 1 aromatic heterocycles. The van der Waals surface area contributed by atoms with Crippen molar-refractivity contribution in [1.29, 1.82) is 0 Å². The highest BCUT2D eigenvalue weighted by Crippen LogP contribution is 2.62. The number of allylic oxidation sites excluding steroid dienone is 1. The average Bonchev–Trinajstić information content (AvgIpc) is 3.39. The summed E-state index contributed by atoms with van der Waals surface area (Å²) in [4.78, 5) is 11.0. The first-order valence-corrected chi connectivity index (χ1v) is 26.2. The Labute approximate surface area is 412 Å². The highest BCUT2D eigenvalue weighted by molar-refractivity contribution is 7.89. The fraction of sp³-hybridized carbons (Fsp3) is 0.345. The van der Waals surface area contributed by atoms with Crippen LogP contribution in [-0.4, -0.2) is 71.8 Å². The third-order valence-electron chi connectivity index (χ3n) is 14.1. The molecule has 0 unspecified atom stereocenters. The Morgan fingerprint density at radius 2 is 1.56 bits per heavy atom. The molecule has 6 aromatic rings. The van der Waals surface area contributed by atoms with Gasteiger partial charge in [0.25, 0.3) is 0 Å². The van der Waals surface area contributed by atoms with Crippen LogP contribution in [0, 0.1) is 17.8 Å². The summed E-state index contributed by atoms with van der Waals surface area (Å²) >= 11 is 0. The van der Waals surface area contributed by atoms with Gasteiger partial charge in [-0.1, -0.05) is 128 Å². The third kappa shape index (κ3) is 10.1. The summed E-state index contributed by atoms with van der Waals surface area (Å²) in [6, 6.07) is 42.0. The molecule has 0 spiro atoms. The number of hydrogen-bond donors (Lipinski definition) is 2. The standard InChI is InChI=1S/C58H63N3O8S/c1-3-33-61(70(64,65)53-25-15-22-44-23-16-32-59-57(44)53)54-39-51(60-67-40-41-17-7-5-8-18-41)49-37-45(21-11-13-34-62)48(24-12-14-35-63)55-50-38-47(30-31-52(50)69-58(54,56(49)55)66-36-4-2)68-46-28-26-43(27-29-46)42-19-9-6-10-20-42/h4-10,15-20,22-23,25-32,37-38,45,48,54-56,62-63H,2-3,11-14,21,24,33-36,39-40H2,1H3/t45-,48+,54-,55+,56+,58+/m0/s1. The van der Waals surface area contributed by atoms with Crippen LogP contribution in [0.4, 0.5) is 0 Å². The van der Waals surface area contributed by atoms with Gasteiger partial charge in [0.1, 0.15) is 28.8 Å². The third-order valence-corrected chi connectivity index (χ3v) is 16.0. The maximum absolute atomic E-state index is 15.7. The zero-order valence-electron chi connectivity index (χ0n) is 39.8. The van der Waals surface area contributed by atoms with E-state index >= 15 is 8.42 Å². The Morgan fingerprint density at radius 3 is 2.30 bits per heavy atom. The van der Waals surface area contributed by atoms with Crippen LogP contribution in [0.2, 0.25) is 0 Å². The average molecular weight is 962 g/mol. The predicted octanol–water partition coefficient (Wildman–Crippen LogP) is 11.6. The number of unbranched alkanes of at least 4 members (excludes halogenated alkanes) is 2. The van der Waals surface area contributed by atoms with Gasteiger partial charge in [0.05, 0.1) is 29.8 Å². The molecule has 2 N–H and O–H groups in total. The lowest BCUT2D eigenvalue weighted by atomic mass is 9.55. The molecule has 1 aliphatic heterocycles. The molecule has 6 atom stereocenters. The van der Waals surface area contributed by atoms with Gasteiger partial charge in [0.15, 0.2) is 0 Å². The maximum Gasteiger partial charge on any atom is 0.245 e. The van der Waals surface area contributed by atoms with E-state index in [1.165, 1.54) is 0 Å². The van der Waals surface area contributed by atoms with Crippen molar-refractivity contribution in [3.05, 3.63) is 175 Å². The summed E-state index contributed by atoms with van der Waals surface area (Å²) in [6.45, 7) is 6.63. The minimum atomic E-state index is -4.31. The number of nitrogens with zero attached hydrogens (tertiary/aromatic N) is 3. The first-order chi connectivity index (χ1) is 34.3. The van der Waals surface area contributed by atoms with Crippen LogP contribution in [0.5, 0.6) is 17.2 Å². The molecule has 2 heterocycles. The fourth-order valence-corrected chi connectivity index (χ4v) is 12.9. The maximum atomic E-state index is 15.7. The first-order valence-electron chi connectivity index (χ1n) is 24.7. The number of aliphatic hydroxyl groups excluding tert-OH is 2. The molecule has 0 radical (unpaired) electrons. The van der Waals surface area contributed by atoms with Gasteiger partial charge in [-0.3, -0.25) is 4.98 Å². The molecule has 5 aromatic carbocycles. The zero-order valence-corrected chi connectivity index (χ0v) is 40.6. The molecule has 1 saturated carbocycles. The van der Waals surface area contributed by atoms with Crippen LogP contribution in [-0.2, 0) is 26.2 Å². The quantitative estimate of drug-likeness (QED) is 0.0386. The minimum Gasteiger partial charge on any atom is -0.460 e. The largest absolute Gasteiger partial charge is 0.460 e. The lowest BCUT2D eigenvalue weighted by Gasteiger charge is -2.59. The molecule has 0 bridgehead atoms. The number of oxime groups is 1. The van der Waals surface area contributed by atoms with Crippen LogP contribution < -0.4 is 9.47 Å². The van der Waals surface area contributed by atoms with E-state index in [0.717, 1.165) is 53.5 Å². The number of pyridine rings is 1. The molecular weight excluding hydrogens is 899 g/mol. The van der Waals surface area contributed by atoms with Gasteiger partial charge in [-0.15, -0.1) is 6.58 Å². The van der Waals surface area contributed by atoms with Crippen molar-refractivity contribution in [2.24, 2.45) is 22.9 Å². The van der Waals surface area contributed by atoms with Gasteiger partial charge in [-0.2, -0.15) is 4.31 Å². The van der Waals surface area contributed by atoms with Crippen molar-refractivity contribution in [1.82, 2.24) is 9.29 Å². The van der Waals surface area contributed by atoms with E-state index in [-0.39, 0.29) is 62.0 Å². The van der Waals surface area contributed by atoms with Crippen molar-refractivity contribution in [3.63, 3.8) is 0 Å². The lowest BCUT2D eigenvalue weighted by molar-refractivity contribution is -0.251. The summed E-state index contributed by atoms with van der Waals surface area (Å²) < 4.78 is 54.2. The second-order valence-corrected chi connectivity index (χ2v) is 20.3. The lowest BCUT2D eigenvalue weighted by Crippen LogP contribution is -2.70. The van der Waals surface area contributed by atoms with Crippen molar-refractivity contribution < 1.29 is 37.7 Å². The Hall–Kier alpha value is -6.15. The summed E-state index contributed by atoms with van der Waals surface area (Å²) in [5.41, 5.74) is 5.95. The number of aromatic nitrogens is 1. The van der Waals surface area contributed by atoms with Gasteiger partial charge in [-0.05, 0) is 109 Å². The molecule has 2 aliphatic carbocycles. The fourth-order valence-electron chi connectivity index (χ4n) is 11.0. The molecule has 12 heteroatoms. The van der Waals surface area contributed by atoms with E-state index < -0.39 is 27.8 Å². The van der Waals surface area contributed by atoms with Crippen molar-refractivity contribution in [3.8, 4) is 28.4 Å². The molecule has 70 heavy (non-hydrogen) atoms. The summed E-state index contributed by atoms with van der Waals surface area (Å²) in [5, 5.41) is 25.8. The van der Waals surface area contributed by atoms with E-state index in [1.54, 1.807) is 34.8 Å². The van der Waals surface area contributed by atoms with Crippen LogP contribution in [0.1, 0.15) is 75.3 Å². The van der Waals surface area contributed by atoms with Gasteiger partial charge < -0.3 is 29.3 Å². The highest BCUT2D eigenvalue weighted by Gasteiger charge is 2.66. The smallest absolute Gasteiger partial charge is 0.245 e. The van der Waals surface area contributed by atoms with Crippen LogP contribution in [0.15, 0.2) is 174 Å². The van der Waals surface area contributed by atoms with Crippen molar-refractivity contribution in [2.75, 3.05) is 26.4 Å². The van der Waals surface area contributed by atoms with E-state index in [0.29, 0.717) is 53.1 Å². The highest BCUT2D eigenvalue weighted by atomic mass is 32.2. The number of aliphatic hydroxyl groups is 2. The second kappa shape index (κ2) is 22.3. The Kier molecular flexibility index (Phi) is 15.6. The van der Waals surface area contributed by atoms with Crippen LogP contribution in [0.3, 0.4) is 0 Å². The van der Waals surface area contributed by atoms with Crippen LogP contribution >= 0.6 is 0 Å². The summed E-state index contributed by atoms with van der Waals surface area (Å²) in [6.07, 6.45) is 10.6. The molecule has 3 aliphatic rings. The number of hydrogen-bond acceptors (Lipinski definition) is 10. The molecule has 9 rings (SSSR count). The monoisotopic (exact) mass is 961 g/mol. The Morgan fingerprint density at radius 1 is 0.843 bits per heavy atom. The van der Waals surface area contributed by atoms with Gasteiger partial charge in [0.2, 0.25) is 15.8 Å². The molecule has 0 saturated heterocycles. The van der Waals surface area contributed by atoms with Crippen molar-refractivity contribution >= 4 is 26.6 Å². The Bertz CT molecular complexity index is 2890. The SMILES string of the molecule is C=CCO[C@@]12Oc3ccc(Oc4ccc(-c5ccccc5)cc4)cc3[C@H]3[C@H](CCCCO)[C@@H](CCCCO)C=C(C(=NOCc4ccccc4)C[C@@H]1N(CCC)S(=O)(=O)c1cccc4cccnc14)[C@H]32. The number of rotatable bonds is 22. The number of benzene rings is 5. The van der Waals surface area contributed by atoms with Crippen LogP contribution in [0.25, 0.3) is 22.0 Å². The first kappa shape index (κ1) is 48.9. The zero-order chi connectivity index (χ0) is 48.5. The minimum absolute atomic E-state index is 0.0162. The summed E-state index contributed by atoms with van der Waals surface area (Å²) in [5.74, 6) is -0.595. The number of ether oxygens (including phenoxy) is 3. The number of para-hydroxylation sites is 1. The second-order valence-electron chi connectivity index (χ2n) is 18.5. The summed E-state index contributed by atoms with van der Waals surface area (Å²) in [7, 11) is -4.31. The topological polar surface area (TPSA) is 140 Å². The van der Waals surface area contributed by atoms with E-state index in [2.05, 4.69) is 48.0 Å². The molecule has 11 nitrogen and oxygen atoms in total. The molecule has 364 valence electrons. The number of sulfonamides is 1.